The number of nitrogens with one attached hydrogen (secondary N) is 4. The molecule has 4 N–H and O–H groups in total. The molecule has 0 atom stereocenters. The highest BCUT2D eigenvalue weighted by Gasteiger charge is 2.20. The zero-order valence-corrected chi connectivity index (χ0v) is 17.3. The number of aromatic nitrogens is 2. The number of nitrogens with zero attached hydrogens (tertiary/aromatic N) is 2. The van der Waals surface area contributed by atoms with Gasteiger partial charge in [0, 0.05) is 24.0 Å². The van der Waals surface area contributed by atoms with Crippen LogP contribution in [0.4, 0.5) is 16.3 Å². The monoisotopic (exact) mass is 422 g/mol. The fourth-order valence-corrected chi connectivity index (χ4v) is 3.04. The number of carbonyl (C=O) groups is 2. The maximum Gasteiger partial charge on any atom is 0.326 e. The fraction of sp³-hybridized carbons (Fsp3) is 0.278. The van der Waals surface area contributed by atoms with Gasteiger partial charge < -0.3 is 16.0 Å². The van der Waals surface area contributed by atoms with E-state index in [1.807, 2.05) is 13.8 Å². The zero-order chi connectivity index (χ0) is 21.0. The number of hydrogen-bond donors (Lipinski definition) is 4. The van der Waals surface area contributed by atoms with Gasteiger partial charge >= 0.3 is 6.03 Å². The van der Waals surface area contributed by atoms with Gasteiger partial charge in [-0.05, 0) is 36.6 Å². The van der Waals surface area contributed by atoms with E-state index in [1.165, 1.54) is 12.1 Å². The number of urea groups is 1. The lowest BCUT2D eigenvalue weighted by atomic mass is 9.94. The van der Waals surface area contributed by atoms with Crippen molar-refractivity contribution in [3.8, 4) is 0 Å². The van der Waals surface area contributed by atoms with Crippen LogP contribution in [0.2, 0.25) is 10.3 Å². The van der Waals surface area contributed by atoms with Crippen molar-refractivity contribution < 1.29 is 9.59 Å². The summed E-state index contributed by atoms with van der Waals surface area (Å²) in [5.41, 5.74) is 2.09. The van der Waals surface area contributed by atoms with Crippen LogP contribution in [-0.4, -0.2) is 34.7 Å². The third-order valence-electron chi connectivity index (χ3n) is 3.76. The Balaban J connectivity index is 2.27. The lowest BCUT2D eigenvalue weighted by Crippen LogP contribution is -2.35. The minimum atomic E-state index is -0.769. The average molecular weight is 423 g/mol. The maximum atomic E-state index is 12.5. The second kappa shape index (κ2) is 8.99. The second-order valence-electron chi connectivity index (χ2n) is 6.26. The molecule has 2 aromatic rings. The number of carbonyl (C=O) groups excluding carboxylic acids is 2. The molecule has 0 saturated heterocycles. The Hall–Kier alpha value is -2.71. The number of amides is 3. The molecule has 0 saturated carbocycles. The summed E-state index contributed by atoms with van der Waals surface area (Å²) in [5.74, 6) is -0.236. The molecule has 148 valence electrons. The van der Waals surface area contributed by atoms with Gasteiger partial charge in [0.05, 0.1) is 0 Å². The Morgan fingerprint density at radius 3 is 2.21 bits per heavy atom. The smallest absolute Gasteiger partial charge is 0.326 e. The summed E-state index contributed by atoms with van der Waals surface area (Å²) >= 11 is 11.6. The quantitative estimate of drug-likeness (QED) is 0.422. The van der Waals surface area contributed by atoms with Gasteiger partial charge in [0.2, 0.25) is 0 Å². The highest BCUT2D eigenvalue weighted by Crippen LogP contribution is 2.26. The first-order chi connectivity index (χ1) is 13.1. The van der Waals surface area contributed by atoms with Gasteiger partial charge in [-0.15, -0.1) is 0 Å². The first kappa shape index (κ1) is 21.6. The highest BCUT2D eigenvalue weighted by atomic mass is 35.5. The van der Waals surface area contributed by atoms with E-state index in [0.717, 1.165) is 5.56 Å². The van der Waals surface area contributed by atoms with E-state index >= 15 is 0 Å². The molecule has 3 amide bonds. The molecule has 28 heavy (non-hydrogen) atoms. The van der Waals surface area contributed by atoms with Crippen LogP contribution in [0.3, 0.4) is 0 Å². The average Bonchev–Trinajstić information content (AvgIpc) is 2.58. The Morgan fingerprint density at radius 2 is 1.71 bits per heavy atom. The minimum Gasteiger partial charge on any atom is -0.373 e. The predicted octanol–water partition coefficient (Wildman–Crippen LogP) is 4.30. The number of pyridine rings is 2. The largest absolute Gasteiger partial charge is 0.373 e. The molecule has 0 aliphatic rings. The first-order valence-electron chi connectivity index (χ1n) is 8.36. The van der Waals surface area contributed by atoms with E-state index < -0.39 is 11.9 Å². The Labute approximate surface area is 172 Å². The van der Waals surface area contributed by atoms with Crippen molar-refractivity contribution in [2.45, 2.75) is 26.7 Å². The Bertz CT molecular complexity index is 926. The maximum absolute atomic E-state index is 12.5. The van der Waals surface area contributed by atoms with Crippen molar-refractivity contribution >= 4 is 52.4 Å². The zero-order valence-electron chi connectivity index (χ0n) is 15.8. The first-order valence-corrected chi connectivity index (χ1v) is 9.11. The van der Waals surface area contributed by atoms with Crippen molar-refractivity contribution in [2.75, 3.05) is 17.7 Å². The molecule has 0 spiro atoms. The van der Waals surface area contributed by atoms with Crippen LogP contribution in [0.5, 0.6) is 0 Å². The Kier molecular flexibility index (Phi) is 6.93. The molecule has 0 aromatic carbocycles. The van der Waals surface area contributed by atoms with E-state index in [4.69, 9.17) is 28.6 Å². The van der Waals surface area contributed by atoms with Crippen molar-refractivity contribution in [3.63, 3.8) is 0 Å². The van der Waals surface area contributed by atoms with E-state index in [-0.39, 0.29) is 27.6 Å². The molecule has 2 rings (SSSR count). The van der Waals surface area contributed by atoms with Gasteiger partial charge in [0.15, 0.2) is 0 Å². The third-order valence-corrected chi connectivity index (χ3v) is 4.15. The minimum absolute atomic E-state index is 0.0480. The SMILES string of the molecule is CNc1nc(C(=O)NC(=O)Nc2cc(Cl)nc(Cl)c2)cc(C(C)C)c1C(C)=N. The summed E-state index contributed by atoms with van der Waals surface area (Å²) in [6, 6.07) is 3.61. The summed E-state index contributed by atoms with van der Waals surface area (Å²) < 4.78 is 0. The molecular formula is C18H20Cl2N6O2. The third kappa shape index (κ3) is 5.17. The van der Waals surface area contributed by atoms with Gasteiger partial charge in [-0.3, -0.25) is 10.1 Å². The van der Waals surface area contributed by atoms with Crippen molar-refractivity contribution in [1.29, 1.82) is 5.41 Å². The number of hydrogen-bond acceptors (Lipinski definition) is 6. The van der Waals surface area contributed by atoms with E-state index in [9.17, 15) is 9.59 Å². The highest BCUT2D eigenvalue weighted by molar-refractivity contribution is 6.33. The summed E-state index contributed by atoms with van der Waals surface area (Å²) in [7, 11) is 1.66. The Morgan fingerprint density at radius 1 is 1.11 bits per heavy atom. The molecule has 2 heterocycles. The summed E-state index contributed by atoms with van der Waals surface area (Å²) in [4.78, 5) is 32.7. The van der Waals surface area contributed by atoms with Gasteiger partial charge in [-0.1, -0.05) is 37.0 Å². The molecule has 2 aromatic heterocycles. The van der Waals surface area contributed by atoms with Crippen LogP contribution >= 0.6 is 23.2 Å². The molecular weight excluding hydrogens is 403 g/mol. The van der Waals surface area contributed by atoms with Gasteiger partial charge in [-0.2, -0.15) is 0 Å². The van der Waals surface area contributed by atoms with Gasteiger partial charge in [-0.25, -0.2) is 14.8 Å². The molecule has 0 aliphatic heterocycles. The number of anilines is 2. The number of halogens is 2. The van der Waals surface area contributed by atoms with Crippen LogP contribution in [0, 0.1) is 5.41 Å². The van der Waals surface area contributed by atoms with Crippen molar-refractivity contribution in [3.05, 3.63) is 45.3 Å². The lowest BCUT2D eigenvalue weighted by Gasteiger charge is -2.17. The molecule has 0 fully saturated rings. The number of rotatable bonds is 5. The summed E-state index contributed by atoms with van der Waals surface area (Å²) in [6.45, 7) is 5.56. The lowest BCUT2D eigenvalue weighted by molar-refractivity contribution is 0.0962. The van der Waals surface area contributed by atoms with Crippen LogP contribution in [0.25, 0.3) is 0 Å². The van der Waals surface area contributed by atoms with Crippen LogP contribution in [0.15, 0.2) is 18.2 Å². The second-order valence-corrected chi connectivity index (χ2v) is 7.03. The normalized spacial score (nSPS) is 10.5. The fourth-order valence-electron chi connectivity index (χ4n) is 2.58. The molecule has 10 heteroatoms. The van der Waals surface area contributed by atoms with Crippen LogP contribution < -0.4 is 16.0 Å². The van der Waals surface area contributed by atoms with Crippen LogP contribution in [-0.2, 0) is 0 Å². The van der Waals surface area contributed by atoms with E-state index in [1.54, 1.807) is 20.0 Å². The molecule has 8 nitrogen and oxygen atoms in total. The molecule has 0 aliphatic carbocycles. The summed E-state index contributed by atoms with van der Waals surface area (Å²) in [6.07, 6.45) is 0. The summed E-state index contributed by atoms with van der Waals surface area (Å²) in [5, 5.41) is 15.8. The predicted molar refractivity (Wildman–Crippen MR) is 111 cm³/mol. The van der Waals surface area contributed by atoms with Gasteiger partial charge in [0.25, 0.3) is 5.91 Å². The topological polar surface area (TPSA) is 120 Å². The van der Waals surface area contributed by atoms with E-state index in [2.05, 4.69) is 25.9 Å². The standard InChI is InChI=1S/C18H20Cl2N6O2/c1-8(2)11-7-12(24-16(22-4)15(11)9(3)21)17(27)26-18(28)23-10-5-13(19)25-14(20)6-10/h5-8,21H,1-4H3,(H,22,24)(H2,23,25,26,27,28). The number of imide groups is 1. The molecule has 0 bridgehead atoms. The van der Waals surface area contributed by atoms with E-state index in [0.29, 0.717) is 17.1 Å². The van der Waals surface area contributed by atoms with Crippen molar-refractivity contribution in [1.82, 2.24) is 15.3 Å². The molecule has 0 unspecified atom stereocenters. The van der Waals surface area contributed by atoms with Crippen LogP contribution in [0.1, 0.15) is 48.3 Å². The van der Waals surface area contributed by atoms with Crippen molar-refractivity contribution in [2.24, 2.45) is 0 Å². The molecule has 0 radical (unpaired) electrons. The van der Waals surface area contributed by atoms with Gasteiger partial charge in [0.1, 0.15) is 21.8 Å².